The van der Waals surface area contributed by atoms with Gasteiger partial charge in [-0.05, 0) is 39.7 Å². The second-order valence-corrected chi connectivity index (χ2v) is 7.91. The van der Waals surface area contributed by atoms with Crippen LogP contribution in [0.3, 0.4) is 0 Å². The molecule has 2 aromatic carbocycles. The zero-order valence-electron chi connectivity index (χ0n) is 14.6. The maximum Gasteiger partial charge on any atom is 0.293 e. The highest BCUT2D eigenvalue weighted by Crippen LogP contribution is 2.18. The van der Waals surface area contributed by atoms with Crippen molar-refractivity contribution in [1.82, 2.24) is 20.2 Å². The zero-order valence-corrected chi connectivity index (χ0v) is 17.7. The summed E-state index contributed by atoms with van der Waals surface area (Å²) >= 11 is 6.82. The van der Waals surface area contributed by atoms with E-state index in [9.17, 15) is 4.79 Å². The van der Waals surface area contributed by atoms with Crippen LogP contribution in [0.15, 0.2) is 75.0 Å². The van der Waals surface area contributed by atoms with Crippen LogP contribution in [-0.4, -0.2) is 26.9 Å². The van der Waals surface area contributed by atoms with Crippen molar-refractivity contribution in [1.29, 1.82) is 0 Å². The van der Waals surface area contributed by atoms with Crippen molar-refractivity contribution in [3.63, 3.8) is 0 Å². The first-order chi connectivity index (χ1) is 13.6. The Balaban J connectivity index is 1.44. The van der Waals surface area contributed by atoms with E-state index in [1.54, 1.807) is 17.1 Å². The molecule has 2 N–H and O–H groups in total. The molecule has 4 aromatic rings. The summed E-state index contributed by atoms with van der Waals surface area (Å²) in [5.74, 6) is -0.377. The van der Waals surface area contributed by atoms with Gasteiger partial charge in [0.1, 0.15) is 0 Å². The number of nitrogens with zero attached hydrogens (tertiary/aromatic N) is 3. The lowest BCUT2D eigenvalue weighted by molar-refractivity contribution is 0.0948. The van der Waals surface area contributed by atoms with Crippen molar-refractivity contribution < 1.29 is 4.79 Å². The standard InChI is InChI=1S/C20H15Br2N5O/c21-15-7-5-13(6-8-15)11-27-12-17(22)19(26-27)20(28)25-24-10-14-9-23-18-4-2-1-3-16(14)18/h1-10,12,23H,11H2,(H,25,28)/b24-10-. The number of hydrogen-bond acceptors (Lipinski definition) is 3. The lowest BCUT2D eigenvalue weighted by Crippen LogP contribution is -2.19. The summed E-state index contributed by atoms with van der Waals surface area (Å²) in [5.41, 5.74) is 5.82. The third-order valence-electron chi connectivity index (χ3n) is 4.18. The number of amides is 1. The summed E-state index contributed by atoms with van der Waals surface area (Å²) in [6.45, 7) is 0.567. The highest BCUT2D eigenvalue weighted by Gasteiger charge is 2.15. The molecule has 0 saturated carbocycles. The number of hydrogen-bond donors (Lipinski definition) is 2. The molecule has 28 heavy (non-hydrogen) atoms. The van der Waals surface area contributed by atoms with Crippen LogP contribution in [0, 0.1) is 0 Å². The summed E-state index contributed by atoms with van der Waals surface area (Å²) in [6.07, 6.45) is 5.24. The molecule has 4 rings (SSSR count). The molecule has 0 unspecified atom stereocenters. The average molecular weight is 501 g/mol. The Morgan fingerprint density at radius 1 is 1.18 bits per heavy atom. The fourth-order valence-corrected chi connectivity index (χ4v) is 3.58. The Bertz CT molecular complexity index is 1160. The average Bonchev–Trinajstić information content (AvgIpc) is 3.27. The lowest BCUT2D eigenvalue weighted by atomic mass is 10.2. The molecule has 0 bridgehead atoms. The molecule has 1 amide bonds. The Labute approximate surface area is 177 Å². The summed E-state index contributed by atoms with van der Waals surface area (Å²) in [6, 6.07) is 15.9. The molecule has 0 atom stereocenters. The quantitative estimate of drug-likeness (QED) is 0.308. The fraction of sp³-hybridized carbons (Fsp3) is 0.0500. The minimum Gasteiger partial charge on any atom is -0.361 e. The van der Waals surface area contributed by atoms with Crippen molar-refractivity contribution in [2.45, 2.75) is 6.54 Å². The van der Waals surface area contributed by atoms with Gasteiger partial charge >= 0.3 is 0 Å². The number of carbonyl (C=O) groups is 1. The van der Waals surface area contributed by atoms with E-state index in [2.05, 4.69) is 52.5 Å². The van der Waals surface area contributed by atoms with E-state index in [1.165, 1.54) is 0 Å². The van der Waals surface area contributed by atoms with Gasteiger partial charge in [-0.15, -0.1) is 0 Å². The van der Waals surface area contributed by atoms with Crippen molar-refractivity contribution in [2.24, 2.45) is 5.10 Å². The third-order valence-corrected chi connectivity index (χ3v) is 5.29. The van der Waals surface area contributed by atoms with Crippen LogP contribution in [0.4, 0.5) is 0 Å². The van der Waals surface area contributed by atoms with E-state index in [0.29, 0.717) is 11.0 Å². The highest BCUT2D eigenvalue weighted by molar-refractivity contribution is 9.10. The molecule has 0 aliphatic carbocycles. The largest absolute Gasteiger partial charge is 0.361 e. The molecule has 0 saturated heterocycles. The maximum absolute atomic E-state index is 12.4. The normalized spacial score (nSPS) is 11.4. The van der Waals surface area contributed by atoms with Crippen LogP contribution in [0.2, 0.25) is 0 Å². The molecule has 8 heteroatoms. The minimum absolute atomic E-state index is 0.285. The van der Waals surface area contributed by atoms with Gasteiger partial charge in [0.25, 0.3) is 5.91 Å². The number of aromatic amines is 1. The molecule has 140 valence electrons. The van der Waals surface area contributed by atoms with Crippen LogP contribution in [0.25, 0.3) is 10.9 Å². The van der Waals surface area contributed by atoms with Gasteiger partial charge in [0.15, 0.2) is 5.69 Å². The van der Waals surface area contributed by atoms with Gasteiger partial charge in [-0.1, -0.05) is 46.3 Å². The Morgan fingerprint density at radius 2 is 1.96 bits per heavy atom. The van der Waals surface area contributed by atoms with Crippen LogP contribution >= 0.6 is 31.9 Å². The van der Waals surface area contributed by atoms with Gasteiger partial charge in [0, 0.05) is 33.3 Å². The summed E-state index contributed by atoms with van der Waals surface area (Å²) in [5, 5.41) is 9.47. The van der Waals surface area contributed by atoms with Crippen molar-refractivity contribution in [3.05, 3.63) is 86.7 Å². The van der Waals surface area contributed by atoms with E-state index in [0.717, 1.165) is 26.5 Å². The van der Waals surface area contributed by atoms with Gasteiger partial charge in [0.2, 0.25) is 0 Å². The van der Waals surface area contributed by atoms with Gasteiger partial charge in [-0.2, -0.15) is 10.2 Å². The number of para-hydroxylation sites is 1. The van der Waals surface area contributed by atoms with Crippen LogP contribution < -0.4 is 5.43 Å². The van der Waals surface area contributed by atoms with Crippen LogP contribution in [-0.2, 0) is 6.54 Å². The first kappa shape index (κ1) is 18.6. The number of H-pyrrole nitrogens is 1. The zero-order chi connectivity index (χ0) is 19.5. The van der Waals surface area contributed by atoms with E-state index in [4.69, 9.17) is 0 Å². The number of halogens is 2. The number of fused-ring (bicyclic) bond motifs is 1. The first-order valence-corrected chi connectivity index (χ1v) is 10.1. The summed E-state index contributed by atoms with van der Waals surface area (Å²) in [4.78, 5) is 15.6. The Kier molecular flexibility index (Phi) is 5.40. The second-order valence-electron chi connectivity index (χ2n) is 6.14. The number of rotatable bonds is 5. The second kappa shape index (κ2) is 8.12. The molecule has 6 nitrogen and oxygen atoms in total. The van der Waals surface area contributed by atoms with Crippen molar-refractivity contribution in [2.75, 3.05) is 0 Å². The van der Waals surface area contributed by atoms with Crippen molar-refractivity contribution >= 4 is 54.9 Å². The van der Waals surface area contributed by atoms with Crippen LogP contribution in [0.5, 0.6) is 0 Å². The highest BCUT2D eigenvalue weighted by atomic mass is 79.9. The summed E-state index contributed by atoms with van der Waals surface area (Å²) < 4.78 is 3.35. The predicted molar refractivity (Wildman–Crippen MR) is 117 cm³/mol. The molecular formula is C20H15Br2N5O. The molecule has 0 radical (unpaired) electrons. The SMILES string of the molecule is O=C(N/N=C\c1c[nH]c2ccccc12)c1nn(Cc2ccc(Br)cc2)cc1Br. The molecular weight excluding hydrogens is 486 g/mol. The molecule has 0 fully saturated rings. The minimum atomic E-state index is -0.377. The number of aromatic nitrogens is 3. The van der Waals surface area contributed by atoms with E-state index in [1.807, 2.05) is 54.7 Å². The monoisotopic (exact) mass is 499 g/mol. The van der Waals surface area contributed by atoms with Gasteiger partial charge in [-0.25, -0.2) is 5.43 Å². The molecule has 0 aliphatic heterocycles. The fourth-order valence-electron chi connectivity index (χ4n) is 2.82. The third kappa shape index (κ3) is 4.07. The first-order valence-electron chi connectivity index (χ1n) is 8.47. The van der Waals surface area contributed by atoms with Crippen LogP contribution in [0.1, 0.15) is 21.6 Å². The number of carbonyl (C=O) groups excluding carboxylic acids is 1. The molecule has 0 spiro atoms. The smallest absolute Gasteiger partial charge is 0.293 e. The number of hydrazone groups is 1. The topological polar surface area (TPSA) is 75.1 Å². The molecule has 0 aliphatic rings. The molecule has 2 aromatic heterocycles. The summed E-state index contributed by atoms with van der Waals surface area (Å²) in [7, 11) is 0. The Morgan fingerprint density at radius 3 is 2.79 bits per heavy atom. The van der Waals surface area contributed by atoms with E-state index < -0.39 is 0 Å². The lowest BCUT2D eigenvalue weighted by Gasteiger charge is -2.02. The van der Waals surface area contributed by atoms with Gasteiger partial charge < -0.3 is 4.98 Å². The van der Waals surface area contributed by atoms with Gasteiger partial charge in [-0.3, -0.25) is 9.48 Å². The van der Waals surface area contributed by atoms with Gasteiger partial charge in [0.05, 0.1) is 17.2 Å². The van der Waals surface area contributed by atoms with E-state index in [-0.39, 0.29) is 11.6 Å². The number of nitrogens with one attached hydrogen (secondary N) is 2. The molecule has 2 heterocycles. The van der Waals surface area contributed by atoms with Crippen molar-refractivity contribution in [3.8, 4) is 0 Å². The predicted octanol–water partition coefficient (Wildman–Crippen LogP) is 4.70. The Hall–Kier alpha value is -2.71. The maximum atomic E-state index is 12.4. The van der Waals surface area contributed by atoms with E-state index >= 15 is 0 Å². The number of benzene rings is 2.